The molecule has 3 saturated carbocycles. The van der Waals surface area contributed by atoms with Crippen LogP contribution in [0.3, 0.4) is 0 Å². The summed E-state index contributed by atoms with van der Waals surface area (Å²) in [7, 11) is -2.04. The van der Waals surface area contributed by atoms with Crippen molar-refractivity contribution >= 4 is 39.3 Å². The lowest BCUT2D eigenvalue weighted by Crippen LogP contribution is -2.62. The van der Waals surface area contributed by atoms with E-state index >= 15 is 4.79 Å². The zero-order chi connectivity index (χ0) is 38.6. The van der Waals surface area contributed by atoms with Crippen LogP contribution in [0.5, 0.6) is 0 Å². The van der Waals surface area contributed by atoms with Gasteiger partial charge in [0, 0.05) is 51.4 Å². The van der Waals surface area contributed by atoms with Crippen LogP contribution in [0.1, 0.15) is 118 Å². The van der Waals surface area contributed by atoms with Crippen molar-refractivity contribution in [2.45, 2.75) is 136 Å². The van der Waals surface area contributed by atoms with Crippen LogP contribution < -0.4 is 10.6 Å². The molecule has 290 valence electrons. The number of likely N-dealkylation sites (N-methyl/N-ethyl adjacent to an activating group) is 1. The van der Waals surface area contributed by atoms with Crippen molar-refractivity contribution in [1.82, 2.24) is 19.8 Å². The van der Waals surface area contributed by atoms with Gasteiger partial charge in [-0.05, 0) is 79.4 Å². The summed E-state index contributed by atoms with van der Waals surface area (Å²) in [6.07, 6.45) is 17.2. The summed E-state index contributed by atoms with van der Waals surface area (Å²) >= 11 is 0. The molecule has 4 fully saturated rings. The minimum atomic E-state index is -3.51. The second kappa shape index (κ2) is 16.5. The van der Waals surface area contributed by atoms with E-state index in [1.54, 1.807) is 11.0 Å². The highest BCUT2D eigenvalue weighted by Crippen LogP contribution is 2.66. The van der Waals surface area contributed by atoms with Gasteiger partial charge in [0.1, 0.15) is 6.04 Å². The molecule has 6 atom stereocenters. The number of fused-ring (bicyclic) bond motifs is 2. The molecule has 1 heterocycles. The van der Waals surface area contributed by atoms with Crippen molar-refractivity contribution in [2.75, 3.05) is 26.4 Å². The SMILES string of the molecule is C#CCCC(CC(=O)[C@@H]1[C@H]2CCC3(CC3)[C@H]2CN1C(=O)[C@@H](NC(=O)N[C@H](CN(C)S(C)(=O)=O)C(C)(C)C)C1(C)CCCCC1)C(=O)C(=O)CCC=C. The number of terminal acetylenes is 1. The van der Waals surface area contributed by atoms with Gasteiger partial charge >= 0.3 is 6.03 Å². The van der Waals surface area contributed by atoms with Crippen LogP contribution in [0.2, 0.25) is 0 Å². The number of nitrogens with one attached hydrogen (secondary N) is 2. The van der Waals surface area contributed by atoms with Crippen LogP contribution in [0.15, 0.2) is 12.7 Å². The van der Waals surface area contributed by atoms with Crippen molar-refractivity contribution in [3.05, 3.63) is 12.7 Å². The first kappa shape index (κ1) is 41.7. The maximum absolute atomic E-state index is 15.1. The van der Waals surface area contributed by atoms with Gasteiger partial charge in [0.15, 0.2) is 11.6 Å². The van der Waals surface area contributed by atoms with Crippen molar-refractivity contribution in [2.24, 2.45) is 34.0 Å². The van der Waals surface area contributed by atoms with Crippen molar-refractivity contribution in [1.29, 1.82) is 0 Å². The van der Waals surface area contributed by atoms with E-state index in [2.05, 4.69) is 23.1 Å². The second-order valence-electron chi connectivity index (χ2n) is 17.6. The number of urea groups is 1. The first-order chi connectivity index (χ1) is 24.3. The minimum Gasteiger partial charge on any atom is -0.334 e. The molecule has 4 rings (SSSR count). The zero-order valence-corrected chi connectivity index (χ0v) is 33.1. The molecule has 0 aromatic carbocycles. The number of amides is 3. The lowest BCUT2D eigenvalue weighted by atomic mass is 9.70. The maximum atomic E-state index is 15.1. The summed E-state index contributed by atoms with van der Waals surface area (Å²) in [5.41, 5.74) is -0.954. The van der Waals surface area contributed by atoms with Crippen LogP contribution in [-0.4, -0.2) is 91.4 Å². The molecular formula is C40H62N4O7S. The highest BCUT2D eigenvalue weighted by molar-refractivity contribution is 7.88. The quantitative estimate of drug-likeness (QED) is 0.121. The Bertz CT molecular complexity index is 1530. The number of allylic oxidation sites excluding steroid dienone is 1. The number of nitrogens with zero attached hydrogens (tertiary/aromatic N) is 2. The van der Waals surface area contributed by atoms with Crippen LogP contribution >= 0.6 is 0 Å². The van der Waals surface area contributed by atoms with Crippen molar-refractivity contribution in [3.8, 4) is 12.3 Å². The molecule has 0 radical (unpaired) electrons. The average molecular weight is 743 g/mol. The number of rotatable bonds is 17. The molecule has 0 bridgehead atoms. The fourth-order valence-corrected chi connectivity index (χ4v) is 9.54. The summed E-state index contributed by atoms with van der Waals surface area (Å²) in [6.45, 7) is 11.9. The van der Waals surface area contributed by atoms with E-state index in [-0.39, 0.29) is 61.2 Å². The Morgan fingerprint density at radius 1 is 1.06 bits per heavy atom. The molecule has 3 amide bonds. The summed E-state index contributed by atoms with van der Waals surface area (Å²) in [6, 6.07) is -2.81. The average Bonchev–Trinajstić information content (AvgIpc) is 3.64. The molecule has 1 saturated heterocycles. The van der Waals surface area contributed by atoms with Gasteiger partial charge in [0.25, 0.3) is 0 Å². The molecule has 2 N–H and O–H groups in total. The van der Waals surface area contributed by atoms with Gasteiger partial charge in [0.2, 0.25) is 21.7 Å². The van der Waals surface area contributed by atoms with Gasteiger partial charge in [-0.3, -0.25) is 19.2 Å². The minimum absolute atomic E-state index is 0.0267. The number of Topliss-reactive ketones (excluding diaryl/α,β-unsaturated/α-hetero) is 3. The van der Waals surface area contributed by atoms with E-state index in [1.807, 2.05) is 27.7 Å². The Kier molecular flexibility index (Phi) is 13.3. The highest BCUT2D eigenvalue weighted by atomic mass is 32.2. The standard InChI is InChI=1S/C40H62N4O7S/c1-9-11-16-27(34(47)30(45)17-12-10-2)24-31(46)33-28-18-21-40(22-23-40)29(28)25-44(33)36(48)35(39(6)19-14-13-15-20-39)42-37(49)41-32(38(3,4)5)26-43(7)52(8,50)51/h1,10,27-29,32-33,35H,2,11-26H2,3-8H3,(H2,41,42,49)/t27?,28-,29-,32+,33-,35+/m0/s1. The number of hydrogen-bond acceptors (Lipinski definition) is 7. The van der Waals surface area contributed by atoms with Crippen LogP contribution in [0, 0.1) is 46.3 Å². The molecule has 52 heavy (non-hydrogen) atoms. The van der Waals surface area contributed by atoms with Crippen LogP contribution in [-0.2, 0) is 29.2 Å². The van der Waals surface area contributed by atoms with Gasteiger partial charge in [-0.2, -0.15) is 0 Å². The molecule has 0 aromatic heterocycles. The van der Waals surface area contributed by atoms with Crippen molar-refractivity contribution < 1.29 is 32.4 Å². The molecule has 4 aliphatic rings. The first-order valence-corrected chi connectivity index (χ1v) is 21.1. The van der Waals surface area contributed by atoms with Gasteiger partial charge in [-0.25, -0.2) is 17.5 Å². The smallest absolute Gasteiger partial charge is 0.315 e. The molecule has 1 spiro atoms. The molecule has 1 unspecified atom stereocenters. The number of carbonyl (C=O) groups excluding carboxylic acids is 5. The van der Waals surface area contributed by atoms with Gasteiger partial charge in [-0.1, -0.05) is 53.0 Å². The fourth-order valence-electron chi connectivity index (χ4n) is 9.12. The first-order valence-electron chi connectivity index (χ1n) is 19.2. The summed E-state index contributed by atoms with van der Waals surface area (Å²) in [4.78, 5) is 71.3. The van der Waals surface area contributed by atoms with Gasteiger partial charge in [0.05, 0.1) is 12.3 Å². The Morgan fingerprint density at radius 2 is 1.71 bits per heavy atom. The Morgan fingerprint density at radius 3 is 2.27 bits per heavy atom. The third kappa shape index (κ3) is 9.54. The summed E-state index contributed by atoms with van der Waals surface area (Å²) in [5.74, 6) is 0.137. The summed E-state index contributed by atoms with van der Waals surface area (Å²) < 4.78 is 25.7. The zero-order valence-electron chi connectivity index (χ0n) is 32.3. The van der Waals surface area contributed by atoms with Gasteiger partial charge in [-0.15, -0.1) is 18.9 Å². The Hall–Kier alpha value is -3.04. The number of hydrogen-bond donors (Lipinski definition) is 2. The molecule has 0 aromatic rings. The third-order valence-electron chi connectivity index (χ3n) is 12.8. The number of ketones is 3. The topological polar surface area (TPSA) is 150 Å². The lowest BCUT2D eigenvalue weighted by molar-refractivity contribution is -0.144. The third-order valence-corrected chi connectivity index (χ3v) is 14.1. The largest absolute Gasteiger partial charge is 0.334 e. The predicted octanol–water partition coefficient (Wildman–Crippen LogP) is 5.04. The van der Waals surface area contributed by atoms with E-state index in [1.165, 1.54) is 11.4 Å². The van der Waals surface area contributed by atoms with E-state index in [0.717, 1.165) is 64.0 Å². The summed E-state index contributed by atoms with van der Waals surface area (Å²) in [5, 5.41) is 6.04. The van der Waals surface area contributed by atoms with E-state index < -0.39 is 62.5 Å². The molecule has 3 aliphatic carbocycles. The maximum Gasteiger partial charge on any atom is 0.315 e. The van der Waals surface area contributed by atoms with Gasteiger partial charge < -0.3 is 15.5 Å². The molecule has 1 aliphatic heterocycles. The number of carbonyl (C=O) groups is 5. The second-order valence-corrected chi connectivity index (χ2v) is 19.6. The van der Waals surface area contributed by atoms with Crippen molar-refractivity contribution in [3.63, 3.8) is 0 Å². The van der Waals surface area contributed by atoms with Crippen LogP contribution in [0.25, 0.3) is 0 Å². The molecule has 11 nitrogen and oxygen atoms in total. The Labute approximate surface area is 311 Å². The molecule has 12 heteroatoms. The van der Waals surface area contributed by atoms with E-state index in [9.17, 15) is 27.6 Å². The highest BCUT2D eigenvalue weighted by Gasteiger charge is 2.64. The van der Waals surface area contributed by atoms with Crippen LogP contribution in [0.4, 0.5) is 4.79 Å². The Balaban J connectivity index is 1.64. The number of sulfonamides is 1. The van der Waals surface area contributed by atoms with E-state index in [0.29, 0.717) is 13.0 Å². The lowest BCUT2D eigenvalue weighted by Gasteiger charge is -2.43. The van der Waals surface area contributed by atoms with E-state index in [4.69, 9.17) is 6.42 Å². The normalized spacial score (nSPS) is 25.0. The fraction of sp³-hybridized carbons (Fsp3) is 0.775. The molecular weight excluding hydrogens is 681 g/mol. The monoisotopic (exact) mass is 742 g/mol. The number of likely N-dealkylation sites (tertiary alicyclic amines) is 1. The predicted molar refractivity (Wildman–Crippen MR) is 201 cm³/mol.